The fourth-order valence-electron chi connectivity index (χ4n) is 3.48. The molecule has 11 heteroatoms. The quantitative estimate of drug-likeness (QED) is 0.400. The van der Waals surface area contributed by atoms with Gasteiger partial charge in [0.2, 0.25) is 0 Å². The summed E-state index contributed by atoms with van der Waals surface area (Å²) in [4.78, 5) is 15.5. The van der Waals surface area contributed by atoms with Crippen LogP contribution in [-0.4, -0.2) is 60.5 Å². The van der Waals surface area contributed by atoms with Gasteiger partial charge in [0, 0.05) is 31.6 Å². The summed E-state index contributed by atoms with van der Waals surface area (Å²) >= 11 is 1.38. The van der Waals surface area contributed by atoms with Crippen LogP contribution in [0, 0.1) is 0 Å². The highest BCUT2D eigenvalue weighted by molar-refractivity contribution is 8.01. The van der Waals surface area contributed by atoms with Crippen molar-refractivity contribution in [2.75, 3.05) is 33.4 Å². The van der Waals surface area contributed by atoms with E-state index in [0.717, 1.165) is 11.4 Å². The minimum atomic E-state index is -4.75. The maximum absolute atomic E-state index is 12.5. The number of methoxy groups -OCH3 is 1. The molecule has 1 heterocycles. The van der Waals surface area contributed by atoms with Gasteiger partial charge in [0.1, 0.15) is 22.0 Å². The Bertz CT molecular complexity index is 902. The lowest BCUT2D eigenvalue weighted by Crippen LogP contribution is -2.51. The van der Waals surface area contributed by atoms with Crippen LogP contribution < -0.4 is 15.0 Å². The molecule has 1 aliphatic rings. The highest BCUT2D eigenvalue weighted by atomic mass is 32.2. The molecule has 180 valence electrons. The molecule has 1 saturated heterocycles. The van der Waals surface area contributed by atoms with Gasteiger partial charge in [-0.15, -0.1) is 24.9 Å². The van der Waals surface area contributed by atoms with E-state index in [1.54, 1.807) is 31.4 Å². The molecule has 1 fully saturated rings. The van der Waals surface area contributed by atoms with Crippen molar-refractivity contribution in [2.45, 2.75) is 28.8 Å². The van der Waals surface area contributed by atoms with E-state index in [-0.39, 0.29) is 5.75 Å². The number of nitrogens with one attached hydrogen (secondary N) is 1. The summed E-state index contributed by atoms with van der Waals surface area (Å²) in [5.74, 6) is 0.0751. The lowest BCUT2D eigenvalue weighted by atomic mass is 9.95. The van der Waals surface area contributed by atoms with Gasteiger partial charge in [0.25, 0.3) is 5.91 Å². The number of carbonyl (C=O) groups is 1. The number of thioether (sulfide) groups is 1. The van der Waals surface area contributed by atoms with Crippen molar-refractivity contribution in [1.82, 2.24) is 10.4 Å². The maximum atomic E-state index is 12.5. The van der Waals surface area contributed by atoms with Gasteiger partial charge in [-0.1, -0.05) is 0 Å². The van der Waals surface area contributed by atoms with E-state index in [4.69, 9.17) is 9.47 Å². The number of hydrogen-bond donors (Lipinski definition) is 2. The summed E-state index contributed by atoms with van der Waals surface area (Å²) in [6.07, 6.45) is -3.61. The Morgan fingerprint density at radius 3 is 2.12 bits per heavy atom. The number of nitrogens with zero attached hydrogens (tertiary/aromatic N) is 1. The summed E-state index contributed by atoms with van der Waals surface area (Å²) in [5, 5.41) is 9.29. The minimum absolute atomic E-state index is 0.331. The summed E-state index contributed by atoms with van der Waals surface area (Å²) < 4.78 is 50.6. The number of amides is 1. The maximum Gasteiger partial charge on any atom is 0.573 e. The molecule has 0 bridgehead atoms. The van der Waals surface area contributed by atoms with Crippen molar-refractivity contribution in [3.05, 3.63) is 48.5 Å². The summed E-state index contributed by atoms with van der Waals surface area (Å²) in [5.41, 5.74) is 1.81. The molecule has 0 saturated carbocycles. The number of rotatable bonds is 9. The minimum Gasteiger partial charge on any atom is -0.457 e. The van der Waals surface area contributed by atoms with Crippen LogP contribution in [0.1, 0.15) is 12.8 Å². The molecule has 33 heavy (non-hydrogen) atoms. The average Bonchev–Trinajstić information content (AvgIpc) is 2.79. The zero-order valence-corrected chi connectivity index (χ0v) is 18.7. The molecular formula is C22H25F3N2O5S. The molecule has 7 nitrogen and oxygen atoms in total. The number of halogens is 3. The molecule has 3 rings (SSSR count). The normalized spacial score (nSPS) is 16.3. The molecule has 0 unspecified atom stereocenters. The first-order valence-corrected chi connectivity index (χ1v) is 11.0. The molecule has 0 aromatic heterocycles. The number of piperidine rings is 1. The van der Waals surface area contributed by atoms with Crippen molar-refractivity contribution in [1.29, 1.82) is 0 Å². The Labute approximate surface area is 193 Å². The third-order valence-electron chi connectivity index (χ3n) is 5.22. The van der Waals surface area contributed by atoms with E-state index in [9.17, 15) is 23.2 Å². The molecule has 2 N–H and O–H groups in total. The van der Waals surface area contributed by atoms with Crippen LogP contribution in [0.4, 0.5) is 13.2 Å². The third kappa shape index (κ3) is 7.26. The number of carbonyl (C=O) groups excluding carboxylic acids is 1. The summed E-state index contributed by atoms with van der Waals surface area (Å²) in [6, 6.07) is 12.1. The molecule has 0 aliphatic carbocycles. The van der Waals surface area contributed by atoms with Gasteiger partial charge < -0.3 is 19.1 Å². The Hall–Kier alpha value is -2.47. The van der Waals surface area contributed by atoms with Gasteiger partial charge in [0.05, 0.1) is 6.61 Å². The van der Waals surface area contributed by atoms with E-state index in [1.165, 1.54) is 36.0 Å². The number of likely N-dealkylation sites (tertiary alicyclic amines) is 1. The van der Waals surface area contributed by atoms with Gasteiger partial charge in [-0.2, -0.15) is 0 Å². The van der Waals surface area contributed by atoms with Gasteiger partial charge in [-0.3, -0.25) is 10.0 Å². The van der Waals surface area contributed by atoms with Crippen molar-refractivity contribution in [3.63, 3.8) is 0 Å². The average molecular weight is 487 g/mol. The number of hydrogen-bond acceptors (Lipinski definition) is 7. The Kier molecular flexibility index (Phi) is 8.46. The molecule has 1 aliphatic heterocycles. The molecule has 2 aromatic rings. The summed E-state index contributed by atoms with van der Waals surface area (Å²) in [6.45, 7) is 2.82. The molecule has 0 spiro atoms. The van der Waals surface area contributed by atoms with Crippen molar-refractivity contribution in [2.24, 2.45) is 0 Å². The first kappa shape index (κ1) is 25.2. The fraction of sp³-hybridized carbons (Fsp3) is 0.409. The Balaban J connectivity index is 1.62. The Morgan fingerprint density at radius 1 is 1.06 bits per heavy atom. The van der Waals surface area contributed by atoms with Crippen LogP contribution >= 0.6 is 11.8 Å². The molecule has 0 radical (unpaired) electrons. The monoisotopic (exact) mass is 486 g/mol. The lowest BCUT2D eigenvalue weighted by Gasteiger charge is -2.39. The fourth-order valence-corrected chi connectivity index (χ4v) is 4.73. The SMILES string of the molecule is COCCN1CCC(Sc2ccc(Oc3ccc(OC(F)(F)F)cc3)cc2)(C(=O)NO)CC1. The summed E-state index contributed by atoms with van der Waals surface area (Å²) in [7, 11) is 1.65. The van der Waals surface area contributed by atoms with E-state index >= 15 is 0 Å². The van der Waals surface area contributed by atoms with Crippen molar-refractivity contribution in [3.8, 4) is 17.2 Å². The number of alkyl halides is 3. The van der Waals surface area contributed by atoms with Crippen LogP contribution in [0.5, 0.6) is 17.2 Å². The van der Waals surface area contributed by atoms with Crippen LogP contribution in [-0.2, 0) is 9.53 Å². The van der Waals surface area contributed by atoms with Crippen LogP contribution in [0.15, 0.2) is 53.4 Å². The van der Waals surface area contributed by atoms with Crippen molar-refractivity contribution < 1.29 is 37.4 Å². The molecular weight excluding hydrogens is 461 g/mol. The van der Waals surface area contributed by atoms with E-state index in [1.807, 2.05) is 5.48 Å². The highest BCUT2D eigenvalue weighted by Gasteiger charge is 2.42. The second kappa shape index (κ2) is 11.1. The first-order chi connectivity index (χ1) is 15.7. The van der Waals surface area contributed by atoms with Crippen LogP contribution in [0.25, 0.3) is 0 Å². The third-order valence-corrected chi connectivity index (χ3v) is 6.71. The van der Waals surface area contributed by atoms with Crippen molar-refractivity contribution >= 4 is 17.7 Å². The predicted molar refractivity (Wildman–Crippen MR) is 116 cm³/mol. The molecule has 2 aromatic carbocycles. The van der Waals surface area contributed by atoms with Gasteiger partial charge in [-0.25, -0.2) is 5.48 Å². The lowest BCUT2D eigenvalue weighted by molar-refractivity contribution is -0.274. The van der Waals surface area contributed by atoms with Crippen LogP contribution in [0.2, 0.25) is 0 Å². The molecule has 0 atom stereocenters. The topological polar surface area (TPSA) is 80.3 Å². The second-order valence-electron chi connectivity index (χ2n) is 7.46. The number of benzene rings is 2. The Morgan fingerprint density at radius 2 is 1.61 bits per heavy atom. The van der Waals surface area contributed by atoms with E-state index in [0.29, 0.717) is 44.0 Å². The second-order valence-corrected chi connectivity index (χ2v) is 8.92. The number of ether oxygens (including phenoxy) is 3. The highest BCUT2D eigenvalue weighted by Crippen LogP contribution is 2.42. The van der Waals surface area contributed by atoms with E-state index in [2.05, 4.69) is 9.64 Å². The predicted octanol–water partition coefficient (Wildman–Crippen LogP) is 4.46. The van der Waals surface area contributed by atoms with Gasteiger partial charge in [0.15, 0.2) is 0 Å². The smallest absolute Gasteiger partial charge is 0.457 e. The zero-order valence-electron chi connectivity index (χ0n) is 17.9. The van der Waals surface area contributed by atoms with Gasteiger partial charge >= 0.3 is 6.36 Å². The molecule has 1 amide bonds. The van der Waals surface area contributed by atoms with Gasteiger partial charge in [-0.05, 0) is 61.4 Å². The van der Waals surface area contributed by atoms with E-state index < -0.39 is 17.0 Å². The standard InChI is InChI=1S/C22H25F3N2O5S/c1-30-15-14-27-12-10-21(11-13-27,20(28)26-29)33-19-8-6-17(7-9-19)31-16-2-4-18(5-3-16)32-22(23,24)25/h2-9,29H,10-15H2,1H3,(H,26,28). The number of hydroxylamine groups is 1. The first-order valence-electron chi connectivity index (χ1n) is 10.2. The van der Waals surface area contributed by atoms with Crippen LogP contribution in [0.3, 0.4) is 0 Å². The zero-order chi connectivity index (χ0) is 23.9. The largest absolute Gasteiger partial charge is 0.573 e.